The lowest BCUT2D eigenvalue weighted by Crippen LogP contribution is -2.41. The van der Waals surface area contributed by atoms with Gasteiger partial charge in [0, 0.05) is 19.6 Å². The number of morpholine rings is 1. The van der Waals surface area contributed by atoms with Crippen LogP contribution in [0.2, 0.25) is 0 Å². The van der Waals surface area contributed by atoms with Crippen LogP contribution in [-0.4, -0.2) is 56.5 Å². The van der Waals surface area contributed by atoms with Crippen molar-refractivity contribution >= 4 is 6.09 Å². The summed E-state index contributed by atoms with van der Waals surface area (Å²) in [7, 11) is 0. The summed E-state index contributed by atoms with van der Waals surface area (Å²) in [4.78, 5) is 13.0. The summed E-state index contributed by atoms with van der Waals surface area (Å²) in [5.74, 6) is 0. The van der Waals surface area contributed by atoms with E-state index in [2.05, 4.69) is 10.2 Å². The Morgan fingerprint density at radius 3 is 2.85 bits per heavy atom. The van der Waals surface area contributed by atoms with Crippen LogP contribution in [-0.2, 0) is 9.47 Å². The number of hydrogen-bond donors (Lipinski definition) is 1. The maximum absolute atomic E-state index is 10.7. The fourth-order valence-electron chi connectivity index (χ4n) is 1.61. The Balaban J connectivity index is 1.73. The Kier molecular flexibility index (Phi) is 2.65. The highest BCUT2D eigenvalue weighted by Gasteiger charge is 2.25. The predicted molar refractivity (Wildman–Crippen MR) is 45.5 cm³/mol. The maximum Gasteiger partial charge on any atom is 0.407 e. The van der Waals surface area contributed by atoms with E-state index in [4.69, 9.17) is 9.47 Å². The van der Waals surface area contributed by atoms with Gasteiger partial charge < -0.3 is 14.8 Å². The first kappa shape index (κ1) is 8.77. The molecule has 0 aromatic carbocycles. The summed E-state index contributed by atoms with van der Waals surface area (Å²) in [6, 6.07) is 0. The van der Waals surface area contributed by atoms with Gasteiger partial charge in [-0.15, -0.1) is 0 Å². The van der Waals surface area contributed by atoms with Gasteiger partial charge >= 0.3 is 6.09 Å². The van der Waals surface area contributed by atoms with Gasteiger partial charge in [0.25, 0.3) is 0 Å². The molecular weight excluding hydrogens is 172 g/mol. The molecule has 5 heteroatoms. The smallest absolute Gasteiger partial charge is 0.407 e. The fraction of sp³-hybridized carbons (Fsp3) is 0.875. The number of hydrogen-bond acceptors (Lipinski definition) is 4. The summed E-state index contributed by atoms with van der Waals surface area (Å²) in [5.41, 5.74) is 0. The molecule has 1 atom stereocenters. The number of rotatable bonds is 2. The third kappa shape index (κ3) is 2.32. The summed E-state index contributed by atoms with van der Waals surface area (Å²) in [5, 5.41) is 2.64. The molecule has 2 aliphatic rings. The molecule has 5 nitrogen and oxygen atoms in total. The van der Waals surface area contributed by atoms with Crippen molar-refractivity contribution in [3.05, 3.63) is 0 Å². The minimum Gasteiger partial charge on any atom is -0.443 e. The molecule has 0 bridgehead atoms. The van der Waals surface area contributed by atoms with Crippen molar-refractivity contribution < 1.29 is 14.3 Å². The Morgan fingerprint density at radius 2 is 2.23 bits per heavy atom. The third-order valence-corrected chi connectivity index (χ3v) is 2.31. The van der Waals surface area contributed by atoms with Crippen molar-refractivity contribution in [2.75, 3.05) is 39.4 Å². The molecule has 13 heavy (non-hydrogen) atoms. The molecule has 0 radical (unpaired) electrons. The third-order valence-electron chi connectivity index (χ3n) is 2.31. The zero-order valence-electron chi connectivity index (χ0n) is 7.49. The normalized spacial score (nSPS) is 29.8. The minimum atomic E-state index is -0.293. The minimum absolute atomic E-state index is 0.0191. The number of alkyl carbamates (subject to hydrolysis) is 1. The SMILES string of the molecule is O=C1NCC(CN2CCOCC2)O1. The predicted octanol–water partition coefficient (Wildman–Crippen LogP) is -0.573. The highest BCUT2D eigenvalue weighted by atomic mass is 16.6. The van der Waals surface area contributed by atoms with E-state index in [1.54, 1.807) is 0 Å². The first-order valence-electron chi connectivity index (χ1n) is 4.59. The van der Waals surface area contributed by atoms with Crippen molar-refractivity contribution in [3.63, 3.8) is 0 Å². The number of amides is 1. The van der Waals surface area contributed by atoms with Gasteiger partial charge in [0.1, 0.15) is 6.10 Å². The van der Waals surface area contributed by atoms with Gasteiger partial charge in [-0.05, 0) is 0 Å². The average Bonchev–Trinajstić information content (AvgIpc) is 2.53. The Morgan fingerprint density at radius 1 is 1.46 bits per heavy atom. The monoisotopic (exact) mass is 186 g/mol. The van der Waals surface area contributed by atoms with Crippen molar-refractivity contribution in [2.24, 2.45) is 0 Å². The lowest BCUT2D eigenvalue weighted by molar-refractivity contribution is 0.0188. The molecule has 1 N–H and O–H groups in total. The van der Waals surface area contributed by atoms with Gasteiger partial charge in [-0.1, -0.05) is 0 Å². The van der Waals surface area contributed by atoms with Crippen LogP contribution in [0, 0.1) is 0 Å². The number of carbonyl (C=O) groups excluding carboxylic acids is 1. The van der Waals surface area contributed by atoms with E-state index in [0.717, 1.165) is 32.8 Å². The van der Waals surface area contributed by atoms with Crippen molar-refractivity contribution in [1.82, 2.24) is 10.2 Å². The van der Waals surface area contributed by atoms with Crippen molar-refractivity contribution in [3.8, 4) is 0 Å². The van der Waals surface area contributed by atoms with Crippen LogP contribution < -0.4 is 5.32 Å². The molecule has 0 aliphatic carbocycles. The molecule has 2 fully saturated rings. The second-order valence-electron chi connectivity index (χ2n) is 3.32. The van der Waals surface area contributed by atoms with E-state index in [9.17, 15) is 4.79 Å². The lowest BCUT2D eigenvalue weighted by Gasteiger charge is -2.27. The van der Waals surface area contributed by atoms with Crippen LogP contribution in [0.4, 0.5) is 4.79 Å². The molecule has 0 saturated carbocycles. The zero-order chi connectivity index (χ0) is 9.10. The van der Waals surface area contributed by atoms with Gasteiger partial charge in [-0.2, -0.15) is 0 Å². The average molecular weight is 186 g/mol. The number of nitrogens with zero attached hydrogens (tertiary/aromatic N) is 1. The summed E-state index contributed by atoms with van der Waals surface area (Å²) in [6.07, 6.45) is -0.274. The van der Waals surface area contributed by atoms with Gasteiger partial charge in [0.2, 0.25) is 0 Å². The summed E-state index contributed by atoms with van der Waals surface area (Å²) in [6.45, 7) is 4.91. The molecule has 2 saturated heterocycles. The standard InChI is InChI=1S/C8H14N2O3/c11-8-9-5-7(13-8)6-10-1-3-12-4-2-10/h7H,1-6H2,(H,9,11). The Labute approximate surface area is 77.0 Å². The molecule has 0 aromatic heterocycles. The number of ether oxygens (including phenoxy) is 2. The summed E-state index contributed by atoms with van der Waals surface area (Å²) < 4.78 is 10.3. The van der Waals surface area contributed by atoms with Crippen molar-refractivity contribution in [1.29, 1.82) is 0 Å². The molecule has 1 amide bonds. The van der Waals surface area contributed by atoms with Gasteiger partial charge in [0.05, 0.1) is 19.8 Å². The van der Waals surface area contributed by atoms with E-state index in [1.807, 2.05) is 0 Å². The van der Waals surface area contributed by atoms with Crippen molar-refractivity contribution in [2.45, 2.75) is 6.10 Å². The van der Waals surface area contributed by atoms with Crippen LogP contribution in [0.25, 0.3) is 0 Å². The molecule has 2 rings (SSSR count). The Bertz CT molecular complexity index is 192. The van der Waals surface area contributed by atoms with Crippen LogP contribution in [0.15, 0.2) is 0 Å². The highest BCUT2D eigenvalue weighted by Crippen LogP contribution is 2.04. The van der Waals surface area contributed by atoms with Crippen LogP contribution in [0.5, 0.6) is 0 Å². The first-order valence-corrected chi connectivity index (χ1v) is 4.59. The van der Waals surface area contributed by atoms with Crippen LogP contribution in [0.3, 0.4) is 0 Å². The highest BCUT2D eigenvalue weighted by molar-refractivity contribution is 5.69. The van der Waals surface area contributed by atoms with E-state index in [1.165, 1.54) is 0 Å². The first-order chi connectivity index (χ1) is 6.34. The quantitative estimate of drug-likeness (QED) is 0.627. The van der Waals surface area contributed by atoms with Gasteiger partial charge in [0.15, 0.2) is 0 Å². The van der Waals surface area contributed by atoms with E-state index >= 15 is 0 Å². The van der Waals surface area contributed by atoms with E-state index < -0.39 is 0 Å². The molecule has 0 aromatic rings. The van der Waals surface area contributed by atoms with E-state index in [-0.39, 0.29) is 12.2 Å². The largest absolute Gasteiger partial charge is 0.443 e. The van der Waals surface area contributed by atoms with Gasteiger partial charge in [-0.25, -0.2) is 4.79 Å². The number of carbonyl (C=O) groups is 1. The molecular formula is C8H14N2O3. The zero-order valence-corrected chi connectivity index (χ0v) is 7.49. The lowest BCUT2D eigenvalue weighted by atomic mass is 10.3. The van der Waals surface area contributed by atoms with Gasteiger partial charge in [-0.3, -0.25) is 4.90 Å². The van der Waals surface area contributed by atoms with E-state index in [0.29, 0.717) is 6.54 Å². The number of nitrogens with one attached hydrogen (secondary N) is 1. The molecule has 74 valence electrons. The number of cyclic esters (lactones) is 1. The summed E-state index contributed by atoms with van der Waals surface area (Å²) >= 11 is 0. The maximum atomic E-state index is 10.7. The topological polar surface area (TPSA) is 50.8 Å². The molecule has 1 unspecified atom stereocenters. The molecule has 0 spiro atoms. The fourth-order valence-corrected chi connectivity index (χ4v) is 1.61. The molecule has 2 aliphatic heterocycles. The second kappa shape index (κ2) is 3.93. The second-order valence-corrected chi connectivity index (χ2v) is 3.32. The Hall–Kier alpha value is -0.810. The van der Waals surface area contributed by atoms with Crippen LogP contribution >= 0.6 is 0 Å². The molecule has 2 heterocycles. The van der Waals surface area contributed by atoms with Crippen LogP contribution in [0.1, 0.15) is 0 Å².